The Bertz CT molecular complexity index is 9370. The zero-order valence-corrected chi connectivity index (χ0v) is 80.8. The summed E-state index contributed by atoms with van der Waals surface area (Å²) in [4.78, 5) is 45.8. The Labute approximate surface area is 850 Å². The molecule has 0 amide bonds. The van der Waals surface area contributed by atoms with Gasteiger partial charge in [-0.1, -0.05) is 455 Å². The molecule has 0 saturated carbocycles. The molecule has 6 aromatic heterocycles. The molecule has 0 aliphatic heterocycles. The van der Waals surface area contributed by atoms with Crippen LogP contribution in [-0.2, 0) is 0 Å². The van der Waals surface area contributed by atoms with E-state index in [0.717, 1.165) is 111 Å². The molecule has 0 bridgehead atoms. The fourth-order valence-electron chi connectivity index (χ4n) is 19.5. The number of hydrogen-bond acceptors (Lipinski definition) is 12. The zero-order chi connectivity index (χ0) is 96.3. The maximum atomic E-state index is 5.13. The van der Waals surface area contributed by atoms with Crippen LogP contribution in [0.1, 0.15) is 0 Å². The lowest BCUT2D eigenvalue weighted by atomic mass is 9.98. The van der Waals surface area contributed by atoms with Crippen molar-refractivity contribution in [3.63, 3.8) is 0 Å². The van der Waals surface area contributed by atoms with Gasteiger partial charge in [0.2, 0.25) is 0 Å². The van der Waals surface area contributed by atoms with E-state index in [0.29, 0.717) is 52.4 Å². The van der Waals surface area contributed by atoms with E-state index < -0.39 is 0 Å². The van der Waals surface area contributed by atoms with E-state index in [4.69, 9.17) is 44.9 Å². The summed E-state index contributed by atoms with van der Waals surface area (Å²) in [7, 11) is 0. The first-order chi connectivity index (χ1) is 71.8. The molecule has 0 radical (unpaired) electrons. The molecule has 9 nitrogen and oxygen atoms in total. The van der Waals surface area contributed by atoms with Crippen LogP contribution in [0.25, 0.3) is 263 Å². The van der Waals surface area contributed by atoms with E-state index in [1.165, 1.54) is 99.5 Å². The molecule has 0 aliphatic carbocycles. The van der Waals surface area contributed by atoms with Crippen LogP contribution >= 0.6 is 34.0 Å². The van der Waals surface area contributed by atoms with Crippen LogP contribution in [0.2, 0.25) is 0 Å². The lowest BCUT2D eigenvalue weighted by molar-refractivity contribution is 1.07. The Morgan fingerprint density at radius 3 is 0.607 bits per heavy atom. The minimum Gasteiger partial charge on any atom is -0.208 e. The molecule has 21 aromatic carbocycles. The molecule has 6 heterocycles. The second-order valence-electron chi connectivity index (χ2n) is 35.7. The second kappa shape index (κ2) is 39.3. The Morgan fingerprint density at radius 1 is 0.110 bits per heavy atom. The van der Waals surface area contributed by atoms with Crippen LogP contribution in [0.4, 0.5) is 0 Å². The van der Waals surface area contributed by atoms with Crippen molar-refractivity contribution in [3.05, 3.63) is 516 Å². The largest absolute Gasteiger partial charge is 0.208 e. The predicted octanol–water partition coefficient (Wildman–Crippen LogP) is 36.2. The van der Waals surface area contributed by atoms with Gasteiger partial charge in [0, 0.05) is 111 Å². The number of benzene rings is 21. The average molecular weight is 1910 g/mol. The summed E-state index contributed by atoms with van der Waals surface area (Å²) in [6.45, 7) is 0. The van der Waals surface area contributed by atoms with Crippen molar-refractivity contribution < 1.29 is 0 Å². The van der Waals surface area contributed by atoms with Crippen LogP contribution < -0.4 is 0 Å². The van der Waals surface area contributed by atoms with Crippen molar-refractivity contribution in [2.24, 2.45) is 0 Å². The maximum absolute atomic E-state index is 5.13. The normalized spacial score (nSPS) is 11.3. The second-order valence-corrected chi connectivity index (χ2v) is 39.0. The Morgan fingerprint density at radius 2 is 0.297 bits per heavy atom. The Balaban J connectivity index is 0.000000114. The highest BCUT2D eigenvalue weighted by atomic mass is 32.1. The van der Waals surface area contributed by atoms with Crippen molar-refractivity contribution >= 4 is 105 Å². The number of rotatable bonds is 17. The van der Waals surface area contributed by atoms with Gasteiger partial charge in [-0.2, -0.15) is 0 Å². The molecule has 0 unspecified atom stereocenters. The summed E-state index contributed by atoms with van der Waals surface area (Å²) in [5, 5.41) is 9.98. The van der Waals surface area contributed by atoms with Crippen LogP contribution in [0.15, 0.2) is 516 Å². The number of nitrogens with zero attached hydrogens (tertiary/aromatic N) is 9. The fourth-order valence-corrected chi connectivity index (χ4v) is 22.9. The van der Waals surface area contributed by atoms with E-state index >= 15 is 0 Å². The number of thiophene rings is 3. The minimum absolute atomic E-state index is 0.640. The fraction of sp³-hybridized carbons (Fsp3) is 0. The maximum Gasteiger partial charge on any atom is 0.164 e. The molecule has 0 N–H and O–H groups in total. The average Bonchev–Trinajstić information content (AvgIpc) is 1.61. The monoisotopic (exact) mass is 1900 g/mol. The molecular weight excluding hydrogens is 1820 g/mol. The highest BCUT2D eigenvalue weighted by Gasteiger charge is 2.23. The predicted molar refractivity (Wildman–Crippen MR) is 608 cm³/mol. The number of aromatic nitrogens is 9. The first-order valence-electron chi connectivity index (χ1n) is 48.4. The summed E-state index contributed by atoms with van der Waals surface area (Å²) in [6, 6.07) is 181. The third-order valence-corrected chi connectivity index (χ3v) is 30.1. The molecule has 0 saturated heterocycles. The van der Waals surface area contributed by atoms with Gasteiger partial charge in [-0.15, -0.1) is 34.0 Å². The first kappa shape index (κ1) is 88.0. The lowest BCUT2D eigenvalue weighted by Crippen LogP contribution is -2.00. The molecule has 145 heavy (non-hydrogen) atoms. The molecule has 27 rings (SSSR count). The molecule has 0 atom stereocenters. The van der Waals surface area contributed by atoms with Crippen molar-refractivity contribution in [2.75, 3.05) is 0 Å². The van der Waals surface area contributed by atoms with E-state index in [2.05, 4.69) is 485 Å². The van der Waals surface area contributed by atoms with Crippen LogP contribution in [-0.4, -0.2) is 44.9 Å². The minimum atomic E-state index is 0.640. The third-order valence-electron chi connectivity index (χ3n) is 26.7. The van der Waals surface area contributed by atoms with Gasteiger partial charge in [0.25, 0.3) is 0 Å². The molecule has 680 valence electrons. The standard InChI is InChI=1S/2C45H29N3S.C43H27N3S/c1-3-12-30(13-4-1)32-24-26-33(27-25-32)43-46-44(36-18-9-16-34(28-36)31-14-5-2-6-15-31)48-45(47-43)37-19-10-17-35(29-37)38-21-11-23-41-42(38)39-20-7-8-22-40(39)49-41;1-3-11-30(12-4-1)32-21-25-34(26-22-32)43-46-44(35-27-23-33(24-28-35)31-13-5-2-6-14-31)48-45(47-43)37-16-9-15-36(29-37)38-18-10-20-41-42(38)39-17-7-8-19-40(39)49-41;1-2-11-28(12-3-1)29-23-25-31(26-24-29)41-44-42(46-43(45-41)36-20-9-14-30-13-4-5-17-34(30)36)33-16-8-15-32(27-33)35-19-10-22-39-40(35)37-18-6-7-21-38(37)47-39/h2*1-29H;1-27H. The van der Waals surface area contributed by atoms with E-state index in [1.807, 2.05) is 64.3 Å². The topological polar surface area (TPSA) is 116 Å². The van der Waals surface area contributed by atoms with Gasteiger partial charge in [0.05, 0.1) is 0 Å². The van der Waals surface area contributed by atoms with E-state index in [-0.39, 0.29) is 0 Å². The van der Waals surface area contributed by atoms with Gasteiger partial charge in [-0.05, 0) is 160 Å². The quantitative estimate of drug-likeness (QED) is 0.0879. The molecule has 0 fully saturated rings. The zero-order valence-electron chi connectivity index (χ0n) is 78.3. The van der Waals surface area contributed by atoms with Crippen molar-refractivity contribution in [2.45, 2.75) is 0 Å². The number of hydrogen-bond donors (Lipinski definition) is 0. The van der Waals surface area contributed by atoms with Gasteiger partial charge in [-0.25, -0.2) is 44.9 Å². The third kappa shape index (κ3) is 18.1. The number of fused-ring (bicyclic) bond motifs is 10. The van der Waals surface area contributed by atoms with Gasteiger partial charge in [0.1, 0.15) is 0 Å². The summed E-state index contributed by atoms with van der Waals surface area (Å²) in [6.07, 6.45) is 0. The van der Waals surface area contributed by atoms with Crippen LogP contribution in [0, 0.1) is 0 Å². The molecular formula is C133H85N9S3. The first-order valence-corrected chi connectivity index (χ1v) is 50.9. The lowest BCUT2D eigenvalue weighted by Gasteiger charge is -2.12. The summed E-state index contributed by atoms with van der Waals surface area (Å²) in [5.74, 6) is 5.80. The summed E-state index contributed by atoms with van der Waals surface area (Å²) < 4.78 is 7.74. The Hall–Kier alpha value is -18.4. The van der Waals surface area contributed by atoms with Gasteiger partial charge in [-0.3, -0.25) is 0 Å². The molecule has 27 aromatic rings. The van der Waals surface area contributed by atoms with Gasteiger partial charge < -0.3 is 0 Å². The van der Waals surface area contributed by atoms with Crippen molar-refractivity contribution in [1.82, 2.24) is 44.9 Å². The van der Waals surface area contributed by atoms with Gasteiger partial charge >= 0.3 is 0 Å². The summed E-state index contributed by atoms with van der Waals surface area (Å²) >= 11 is 5.51. The molecule has 12 heteroatoms. The van der Waals surface area contributed by atoms with E-state index in [1.54, 1.807) is 0 Å². The molecule has 0 spiro atoms. The highest BCUT2D eigenvalue weighted by Crippen LogP contribution is 2.47. The van der Waals surface area contributed by atoms with Gasteiger partial charge in [0.15, 0.2) is 52.4 Å². The van der Waals surface area contributed by atoms with Crippen LogP contribution in [0.3, 0.4) is 0 Å². The van der Waals surface area contributed by atoms with Crippen molar-refractivity contribution in [3.8, 4) is 192 Å². The van der Waals surface area contributed by atoms with Crippen molar-refractivity contribution in [1.29, 1.82) is 0 Å². The van der Waals surface area contributed by atoms with E-state index in [9.17, 15) is 0 Å². The molecule has 0 aliphatic rings. The summed E-state index contributed by atoms with van der Waals surface area (Å²) in [5.41, 5.74) is 27.1. The smallest absolute Gasteiger partial charge is 0.164 e. The van der Waals surface area contributed by atoms with Crippen LogP contribution in [0.5, 0.6) is 0 Å². The highest BCUT2D eigenvalue weighted by molar-refractivity contribution is 7.26. The Kier molecular flexibility index (Phi) is 23.9. The SMILES string of the molecule is c1ccc(-c2ccc(-c3nc(-c4ccc(-c5ccccc5)cc4)nc(-c4cccc(-c5cccc6sc7ccccc7c56)c4)n3)cc2)cc1.c1ccc(-c2ccc(-c3nc(-c4cccc(-c5cccc6sc7ccccc7c56)c4)nc(-c4cccc5ccccc45)n3)cc2)cc1.c1ccc(-c2ccc(-c3nc(-c4cccc(-c5ccccc5)c4)nc(-c4cccc(-c5cccc6sc7ccccc7c56)c4)n3)cc2)cc1.